The normalized spacial score (nSPS) is 10.8. The maximum absolute atomic E-state index is 11.8. The molecule has 0 saturated heterocycles. The van der Waals surface area contributed by atoms with E-state index < -0.39 is 0 Å². The van der Waals surface area contributed by atoms with Gasteiger partial charge in [-0.25, -0.2) is 0 Å². The zero-order valence-corrected chi connectivity index (χ0v) is 13.4. The van der Waals surface area contributed by atoms with E-state index in [1.54, 1.807) is 11.7 Å². The second-order valence-corrected chi connectivity index (χ2v) is 5.65. The Kier molecular flexibility index (Phi) is 4.94. The molecule has 0 bridgehead atoms. The lowest BCUT2D eigenvalue weighted by Gasteiger charge is -2.06. The molecule has 2 rings (SSSR count). The lowest BCUT2D eigenvalue weighted by molar-refractivity contribution is -0.121. The van der Waals surface area contributed by atoms with E-state index in [2.05, 4.69) is 32.9 Å². The number of imidazole rings is 1. The minimum atomic E-state index is -0.0763. The summed E-state index contributed by atoms with van der Waals surface area (Å²) in [5.74, 6) is -0.0763. The largest absolute Gasteiger partial charge is 0.383 e. The third-order valence-corrected chi connectivity index (χ3v) is 3.66. The smallest absolute Gasteiger partial charge is 0.240 e. The highest BCUT2D eigenvalue weighted by Crippen LogP contribution is 2.17. The Morgan fingerprint density at radius 3 is 3.11 bits per heavy atom. The first-order valence-electron chi connectivity index (χ1n) is 5.75. The standard InChI is InChI=1S/C12H14IN3O2S/c1-18-5-4-14-11(17)7-16-10-3-2-8(13)6-9(10)15-12(16)19/h2-3,6H,4-5,7H2,1H3,(H,14,17)(H,15,19). The van der Waals surface area contributed by atoms with Crippen LogP contribution in [-0.4, -0.2) is 35.7 Å². The summed E-state index contributed by atoms with van der Waals surface area (Å²) >= 11 is 7.49. The first kappa shape index (κ1) is 14.5. The summed E-state index contributed by atoms with van der Waals surface area (Å²) < 4.78 is 8.36. The second-order valence-electron chi connectivity index (χ2n) is 4.02. The Morgan fingerprint density at radius 2 is 2.37 bits per heavy atom. The fourth-order valence-corrected chi connectivity index (χ4v) is 2.55. The number of benzene rings is 1. The van der Waals surface area contributed by atoms with Gasteiger partial charge < -0.3 is 19.6 Å². The lowest BCUT2D eigenvalue weighted by Crippen LogP contribution is -2.30. The number of aromatic amines is 1. The van der Waals surface area contributed by atoms with Crippen LogP contribution >= 0.6 is 34.8 Å². The zero-order chi connectivity index (χ0) is 13.8. The van der Waals surface area contributed by atoms with E-state index >= 15 is 0 Å². The van der Waals surface area contributed by atoms with Crippen LogP contribution in [0, 0.1) is 8.34 Å². The summed E-state index contributed by atoms with van der Waals surface area (Å²) in [7, 11) is 1.60. The van der Waals surface area contributed by atoms with E-state index in [9.17, 15) is 4.79 Å². The number of carbonyl (C=O) groups is 1. The van der Waals surface area contributed by atoms with Crippen molar-refractivity contribution in [1.82, 2.24) is 14.9 Å². The number of H-pyrrole nitrogens is 1. The van der Waals surface area contributed by atoms with Gasteiger partial charge in [-0.2, -0.15) is 0 Å². The number of hydrogen-bond acceptors (Lipinski definition) is 3. The number of methoxy groups -OCH3 is 1. The Labute approximate surface area is 129 Å². The summed E-state index contributed by atoms with van der Waals surface area (Å²) in [6, 6.07) is 5.96. The predicted molar refractivity (Wildman–Crippen MR) is 84.7 cm³/mol. The van der Waals surface area contributed by atoms with Gasteiger partial charge in [0.1, 0.15) is 6.54 Å². The maximum Gasteiger partial charge on any atom is 0.240 e. The molecule has 0 fully saturated rings. The number of amides is 1. The van der Waals surface area contributed by atoms with Gasteiger partial charge in [-0.3, -0.25) is 4.79 Å². The molecule has 0 spiro atoms. The van der Waals surface area contributed by atoms with Gasteiger partial charge in [-0.15, -0.1) is 0 Å². The number of carbonyl (C=O) groups excluding carboxylic acids is 1. The number of halogens is 1. The van der Waals surface area contributed by atoms with E-state index in [1.165, 1.54) is 0 Å². The fourth-order valence-electron chi connectivity index (χ4n) is 1.78. The van der Waals surface area contributed by atoms with Gasteiger partial charge in [0.05, 0.1) is 17.6 Å². The molecule has 2 N–H and O–H groups in total. The molecular formula is C12H14IN3O2S. The molecule has 7 heteroatoms. The molecule has 5 nitrogen and oxygen atoms in total. The van der Waals surface area contributed by atoms with E-state index in [4.69, 9.17) is 17.0 Å². The van der Waals surface area contributed by atoms with Gasteiger partial charge in [-0.1, -0.05) is 0 Å². The molecule has 1 aromatic heterocycles. The highest BCUT2D eigenvalue weighted by atomic mass is 127. The van der Waals surface area contributed by atoms with Crippen LogP contribution in [0.15, 0.2) is 18.2 Å². The molecule has 0 aliphatic rings. The van der Waals surface area contributed by atoms with E-state index in [-0.39, 0.29) is 12.5 Å². The molecule has 1 amide bonds. The van der Waals surface area contributed by atoms with Crippen molar-refractivity contribution >= 4 is 51.7 Å². The predicted octanol–water partition coefficient (Wildman–Crippen LogP) is 2.07. The Balaban J connectivity index is 2.18. The Morgan fingerprint density at radius 1 is 1.58 bits per heavy atom. The molecule has 2 aromatic rings. The van der Waals surface area contributed by atoms with Gasteiger partial charge in [0, 0.05) is 17.2 Å². The minimum absolute atomic E-state index is 0.0763. The Bertz CT molecular complexity index is 650. The van der Waals surface area contributed by atoms with Crippen molar-refractivity contribution in [2.45, 2.75) is 6.54 Å². The topological polar surface area (TPSA) is 59.0 Å². The summed E-state index contributed by atoms with van der Waals surface area (Å²) in [5, 5.41) is 2.78. The van der Waals surface area contributed by atoms with Crippen molar-refractivity contribution in [2.75, 3.05) is 20.3 Å². The number of fused-ring (bicyclic) bond motifs is 1. The van der Waals surface area contributed by atoms with Crippen LogP contribution in [-0.2, 0) is 16.1 Å². The molecule has 0 radical (unpaired) electrons. The molecular weight excluding hydrogens is 377 g/mol. The molecule has 0 aliphatic heterocycles. The number of rotatable bonds is 5. The Hall–Kier alpha value is -0.930. The van der Waals surface area contributed by atoms with Crippen molar-refractivity contribution in [3.8, 4) is 0 Å². The summed E-state index contributed by atoms with van der Waals surface area (Å²) in [5.41, 5.74) is 1.88. The summed E-state index contributed by atoms with van der Waals surface area (Å²) in [4.78, 5) is 14.9. The molecule has 0 atom stereocenters. The average molecular weight is 391 g/mol. The number of nitrogens with zero attached hydrogens (tertiary/aromatic N) is 1. The van der Waals surface area contributed by atoms with Crippen LogP contribution in [0.5, 0.6) is 0 Å². The van der Waals surface area contributed by atoms with Gasteiger partial charge >= 0.3 is 0 Å². The van der Waals surface area contributed by atoms with E-state index in [1.807, 2.05) is 18.2 Å². The van der Waals surface area contributed by atoms with E-state index in [0.717, 1.165) is 14.6 Å². The van der Waals surface area contributed by atoms with E-state index in [0.29, 0.717) is 17.9 Å². The number of ether oxygens (including phenoxy) is 1. The third kappa shape index (κ3) is 3.54. The van der Waals surface area contributed by atoms with Crippen molar-refractivity contribution in [2.24, 2.45) is 0 Å². The highest BCUT2D eigenvalue weighted by molar-refractivity contribution is 14.1. The number of aromatic nitrogens is 2. The fraction of sp³-hybridized carbons (Fsp3) is 0.333. The lowest BCUT2D eigenvalue weighted by atomic mass is 10.3. The third-order valence-electron chi connectivity index (χ3n) is 2.67. The molecule has 0 saturated carbocycles. The number of hydrogen-bond donors (Lipinski definition) is 2. The van der Waals surface area contributed by atoms with Crippen LogP contribution in [0.1, 0.15) is 0 Å². The average Bonchev–Trinajstić information content (AvgIpc) is 2.65. The van der Waals surface area contributed by atoms with Crippen molar-refractivity contribution in [3.63, 3.8) is 0 Å². The molecule has 102 valence electrons. The maximum atomic E-state index is 11.8. The minimum Gasteiger partial charge on any atom is -0.383 e. The monoisotopic (exact) mass is 391 g/mol. The van der Waals surface area contributed by atoms with Gasteiger partial charge in [0.15, 0.2) is 4.77 Å². The quantitative estimate of drug-likeness (QED) is 0.466. The SMILES string of the molecule is COCCNC(=O)Cn1c(=S)[nH]c2cc(I)ccc21. The molecule has 1 heterocycles. The van der Waals surface area contributed by atoms with Crippen molar-refractivity contribution in [3.05, 3.63) is 26.5 Å². The van der Waals surface area contributed by atoms with Crippen LogP contribution in [0.2, 0.25) is 0 Å². The van der Waals surface area contributed by atoms with Crippen LogP contribution in [0.4, 0.5) is 0 Å². The van der Waals surface area contributed by atoms with Crippen LogP contribution in [0.3, 0.4) is 0 Å². The molecule has 0 aliphatic carbocycles. The second kappa shape index (κ2) is 6.49. The summed E-state index contributed by atoms with van der Waals surface area (Å²) in [6.45, 7) is 1.22. The van der Waals surface area contributed by atoms with Crippen molar-refractivity contribution in [1.29, 1.82) is 0 Å². The molecule has 19 heavy (non-hydrogen) atoms. The zero-order valence-electron chi connectivity index (χ0n) is 10.4. The highest BCUT2D eigenvalue weighted by Gasteiger charge is 2.08. The first-order valence-corrected chi connectivity index (χ1v) is 7.24. The van der Waals surface area contributed by atoms with Crippen molar-refractivity contribution < 1.29 is 9.53 Å². The molecule has 0 unspecified atom stereocenters. The van der Waals surface area contributed by atoms with Gasteiger partial charge in [0.25, 0.3) is 0 Å². The first-order chi connectivity index (χ1) is 9.11. The summed E-state index contributed by atoms with van der Waals surface area (Å²) in [6.07, 6.45) is 0. The van der Waals surface area contributed by atoms with Crippen LogP contribution in [0.25, 0.3) is 11.0 Å². The van der Waals surface area contributed by atoms with Gasteiger partial charge in [0.2, 0.25) is 5.91 Å². The van der Waals surface area contributed by atoms with Gasteiger partial charge in [-0.05, 0) is 53.0 Å². The molecule has 1 aromatic carbocycles. The van der Waals surface area contributed by atoms with Crippen LogP contribution < -0.4 is 5.32 Å². The number of nitrogens with one attached hydrogen (secondary N) is 2.